The van der Waals surface area contributed by atoms with Crippen molar-refractivity contribution in [3.05, 3.63) is 59.2 Å². The predicted molar refractivity (Wildman–Crippen MR) is 105 cm³/mol. The minimum atomic E-state index is -3.19. The highest BCUT2D eigenvalue weighted by atomic mass is 32.2. The van der Waals surface area contributed by atoms with E-state index >= 15 is 0 Å². The van der Waals surface area contributed by atoms with Gasteiger partial charge in [0.2, 0.25) is 5.91 Å². The van der Waals surface area contributed by atoms with Crippen molar-refractivity contribution < 1.29 is 17.9 Å². The van der Waals surface area contributed by atoms with Crippen molar-refractivity contribution in [2.75, 3.05) is 12.9 Å². The molecule has 3 rings (SSSR count). The molecule has 0 radical (unpaired) electrons. The van der Waals surface area contributed by atoms with Crippen LogP contribution in [0.4, 0.5) is 0 Å². The van der Waals surface area contributed by atoms with E-state index in [-0.39, 0.29) is 11.9 Å². The van der Waals surface area contributed by atoms with E-state index in [1.165, 1.54) is 17.4 Å². The largest absolute Gasteiger partial charge is 0.493 e. The Kier molecular flexibility index (Phi) is 5.85. The maximum absolute atomic E-state index is 12.2. The van der Waals surface area contributed by atoms with Crippen molar-refractivity contribution in [3.63, 3.8) is 0 Å². The van der Waals surface area contributed by atoms with Gasteiger partial charge in [-0.15, -0.1) is 0 Å². The van der Waals surface area contributed by atoms with Crippen LogP contribution in [0.25, 0.3) is 0 Å². The number of hydrogen-bond acceptors (Lipinski definition) is 4. The molecule has 2 aromatic rings. The zero-order valence-electron chi connectivity index (χ0n) is 15.7. The minimum Gasteiger partial charge on any atom is -0.493 e. The second-order valence-electron chi connectivity index (χ2n) is 7.13. The summed E-state index contributed by atoms with van der Waals surface area (Å²) in [6.07, 6.45) is 3.87. The first-order valence-corrected chi connectivity index (χ1v) is 11.0. The standard InChI is InChI=1S/C21H25NO4S/c1-15(13-17-5-9-20-18(14-17)11-12-26-20)22-21(23)10-6-16-3-7-19(8-4-16)27(2,24)25/h3-5,7-9,14-15H,6,10-13H2,1-2H3,(H,22,23). The lowest BCUT2D eigenvalue weighted by molar-refractivity contribution is -0.121. The Hall–Kier alpha value is -2.34. The molecule has 5 nitrogen and oxygen atoms in total. The molecule has 1 unspecified atom stereocenters. The molecule has 1 aliphatic heterocycles. The lowest BCUT2D eigenvalue weighted by Gasteiger charge is -2.14. The van der Waals surface area contributed by atoms with Crippen LogP contribution in [0.1, 0.15) is 30.0 Å². The number of carbonyl (C=O) groups excluding carboxylic acids is 1. The first kappa shape index (κ1) is 19.4. The molecule has 1 heterocycles. The van der Waals surface area contributed by atoms with Crippen molar-refractivity contribution in [2.45, 2.75) is 43.5 Å². The summed E-state index contributed by atoms with van der Waals surface area (Å²) in [5.74, 6) is 0.969. The third-order valence-corrected chi connectivity index (χ3v) is 5.82. The van der Waals surface area contributed by atoms with Crippen molar-refractivity contribution in [3.8, 4) is 5.75 Å². The number of benzene rings is 2. The van der Waals surface area contributed by atoms with Crippen LogP contribution in [0.15, 0.2) is 47.4 Å². The normalized spacial score (nSPS) is 14.3. The molecule has 0 fully saturated rings. The Balaban J connectivity index is 1.47. The molecular weight excluding hydrogens is 362 g/mol. The van der Waals surface area contributed by atoms with Gasteiger partial charge < -0.3 is 10.1 Å². The molecule has 144 valence electrons. The molecule has 1 aliphatic rings. The second-order valence-corrected chi connectivity index (χ2v) is 9.15. The second kappa shape index (κ2) is 8.13. The molecule has 6 heteroatoms. The van der Waals surface area contributed by atoms with Crippen LogP contribution in [0.3, 0.4) is 0 Å². The van der Waals surface area contributed by atoms with Crippen molar-refractivity contribution in [1.29, 1.82) is 0 Å². The summed E-state index contributed by atoms with van der Waals surface area (Å²) in [6, 6.07) is 13.0. The van der Waals surface area contributed by atoms with Gasteiger partial charge in [0, 0.05) is 25.1 Å². The Labute approximate surface area is 160 Å². The van der Waals surface area contributed by atoms with Gasteiger partial charge >= 0.3 is 0 Å². The lowest BCUT2D eigenvalue weighted by Crippen LogP contribution is -2.34. The molecule has 27 heavy (non-hydrogen) atoms. The summed E-state index contributed by atoms with van der Waals surface area (Å²) >= 11 is 0. The average molecular weight is 388 g/mol. The SMILES string of the molecule is CC(Cc1ccc2c(c1)CCO2)NC(=O)CCc1ccc(S(C)(=O)=O)cc1. The van der Waals surface area contributed by atoms with Crippen molar-refractivity contribution in [2.24, 2.45) is 0 Å². The maximum atomic E-state index is 12.2. The third-order valence-electron chi connectivity index (χ3n) is 4.70. The van der Waals surface area contributed by atoms with Gasteiger partial charge in [-0.25, -0.2) is 8.42 Å². The Bertz CT molecular complexity index is 920. The van der Waals surface area contributed by atoms with Gasteiger partial charge in [0.05, 0.1) is 11.5 Å². The summed E-state index contributed by atoms with van der Waals surface area (Å²) in [6.45, 7) is 2.75. The van der Waals surface area contributed by atoms with Gasteiger partial charge in [0.1, 0.15) is 5.75 Å². The van der Waals surface area contributed by atoms with Crippen molar-refractivity contribution >= 4 is 15.7 Å². The van der Waals surface area contributed by atoms with Crippen LogP contribution in [0, 0.1) is 0 Å². The molecule has 1 amide bonds. The first-order valence-electron chi connectivity index (χ1n) is 9.14. The number of carbonyl (C=O) groups is 1. The van der Waals surface area contributed by atoms with E-state index < -0.39 is 9.84 Å². The fourth-order valence-electron chi connectivity index (χ4n) is 3.28. The number of sulfone groups is 1. The number of aryl methyl sites for hydroxylation is 1. The van der Waals surface area contributed by atoms with Crippen LogP contribution in [-0.2, 0) is 33.9 Å². The van der Waals surface area contributed by atoms with E-state index in [2.05, 4.69) is 17.4 Å². The minimum absolute atomic E-state index is 0.000757. The highest BCUT2D eigenvalue weighted by Crippen LogP contribution is 2.26. The van der Waals surface area contributed by atoms with Crippen LogP contribution >= 0.6 is 0 Å². The molecule has 0 aliphatic carbocycles. The average Bonchev–Trinajstić information content (AvgIpc) is 3.07. The molecule has 0 saturated carbocycles. The molecule has 1 N–H and O–H groups in total. The topological polar surface area (TPSA) is 72.5 Å². The van der Waals surface area contributed by atoms with Crippen LogP contribution < -0.4 is 10.1 Å². The molecule has 0 saturated heterocycles. The number of rotatable bonds is 7. The van der Waals surface area contributed by atoms with Gasteiger partial charge in [-0.05, 0) is 54.7 Å². The summed E-state index contributed by atoms with van der Waals surface area (Å²) in [7, 11) is -3.19. The Morgan fingerprint density at radius 3 is 2.56 bits per heavy atom. The molecule has 0 bridgehead atoms. The number of nitrogens with one attached hydrogen (secondary N) is 1. The number of amides is 1. The number of fused-ring (bicyclic) bond motifs is 1. The fraction of sp³-hybridized carbons (Fsp3) is 0.381. The van der Waals surface area contributed by atoms with Crippen molar-refractivity contribution in [1.82, 2.24) is 5.32 Å². The van der Waals surface area contributed by atoms with E-state index in [4.69, 9.17) is 4.74 Å². The summed E-state index contributed by atoms with van der Waals surface area (Å²) < 4.78 is 28.5. The van der Waals surface area contributed by atoms with Gasteiger partial charge in [-0.1, -0.05) is 24.3 Å². The van der Waals surface area contributed by atoms with E-state index in [1.54, 1.807) is 24.3 Å². The molecule has 2 aromatic carbocycles. The smallest absolute Gasteiger partial charge is 0.220 e. The first-order chi connectivity index (χ1) is 12.8. The molecular formula is C21H25NO4S. The zero-order valence-corrected chi connectivity index (χ0v) is 16.5. The van der Waals surface area contributed by atoms with Crippen LogP contribution in [0.5, 0.6) is 5.75 Å². The van der Waals surface area contributed by atoms with Gasteiger partial charge in [0.25, 0.3) is 0 Å². The quantitative estimate of drug-likeness (QED) is 0.793. The highest BCUT2D eigenvalue weighted by Gasteiger charge is 2.14. The highest BCUT2D eigenvalue weighted by molar-refractivity contribution is 7.90. The zero-order chi connectivity index (χ0) is 19.4. The fourth-order valence-corrected chi connectivity index (χ4v) is 3.91. The van der Waals surface area contributed by atoms with E-state index in [0.717, 1.165) is 30.8 Å². The number of ether oxygens (including phenoxy) is 1. The van der Waals surface area contributed by atoms with E-state index in [0.29, 0.717) is 17.7 Å². The third kappa shape index (κ3) is 5.32. The van der Waals surface area contributed by atoms with Gasteiger partial charge in [-0.2, -0.15) is 0 Å². The maximum Gasteiger partial charge on any atom is 0.220 e. The summed E-state index contributed by atoms with van der Waals surface area (Å²) in [5.41, 5.74) is 3.39. The Morgan fingerprint density at radius 1 is 1.15 bits per heavy atom. The number of hydrogen-bond donors (Lipinski definition) is 1. The van der Waals surface area contributed by atoms with Gasteiger partial charge in [-0.3, -0.25) is 4.79 Å². The van der Waals surface area contributed by atoms with Crippen LogP contribution in [-0.4, -0.2) is 33.2 Å². The summed E-state index contributed by atoms with van der Waals surface area (Å²) in [4.78, 5) is 12.5. The van der Waals surface area contributed by atoms with Gasteiger partial charge in [0.15, 0.2) is 9.84 Å². The van der Waals surface area contributed by atoms with E-state index in [1.807, 2.05) is 13.0 Å². The van der Waals surface area contributed by atoms with Crippen LogP contribution in [0.2, 0.25) is 0 Å². The predicted octanol–water partition coefficient (Wildman–Crippen LogP) is 2.71. The monoisotopic (exact) mass is 387 g/mol. The Morgan fingerprint density at radius 2 is 1.85 bits per heavy atom. The van der Waals surface area contributed by atoms with E-state index in [9.17, 15) is 13.2 Å². The molecule has 0 aromatic heterocycles. The summed E-state index contributed by atoms with van der Waals surface area (Å²) in [5, 5.41) is 3.04. The molecule has 0 spiro atoms. The molecule has 1 atom stereocenters. The lowest BCUT2D eigenvalue weighted by atomic mass is 10.0.